The van der Waals surface area contributed by atoms with Crippen LogP contribution in [-0.4, -0.2) is 16.2 Å². The molecule has 13 heavy (non-hydrogen) atoms. The van der Waals surface area contributed by atoms with Crippen LogP contribution in [0.3, 0.4) is 0 Å². The van der Waals surface area contributed by atoms with E-state index in [-0.39, 0.29) is 0 Å². The molecule has 0 bridgehead atoms. The summed E-state index contributed by atoms with van der Waals surface area (Å²) in [4.78, 5) is 0. The Hall–Kier alpha value is 0.690. The van der Waals surface area contributed by atoms with Gasteiger partial charge in [0, 0.05) is 36.0 Å². The monoisotopic (exact) mass is 293 g/mol. The second kappa shape index (κ2) is 4.05. The summed E-state index contributed by atoms with van der Waals surface area (Å²) in [6, 6.07) is 0. The molecule has 0 aromatic rings. The zero-order chi connectivity index (χ0) is 9.31. The molecule has 2 fully saturated rings. The van der Waals surface area contributed by atoms with Gasteiger partial charge >= 0.3 is 0 Å². The molecular weight excluding hydrogens is 273 g/mol. The Morgan fingerprint density at radius 3 is 2.69 bits per heavy atom. The van der Waals surface area contributed by atoms with E-state index in [4.69, 9.17) is 0 Å². The van der Waals surface area contributed by atoms with Crippen molar-refractivity contribution in [2.45, 2.75) is 45.4 Å². The molecule has 2 heteroatoms. The summed E-state index contributed by atoms with van der Waals surface area (Å²) < 4.78 is 2.53. The number of nitrogens with zero attached hydrogens (tertiary/aromatic N) is 1. The van der Waals surface area contributed by atoms with E-state index in [1.807, 2.05) is 0 Å². The first-order valence-corrected chi connectivity index (χ1v) is 6.60. The highest BCUT2D eigenvalue weighted by Crippen LogP contribution is 2.48. The van der Waals surface area contributed by atoms with E-state index in [1.165, 1.54) is 51.6 Å². The average molecular weight is 293 g/mol. The van der Waals surface area contributed by atoms with Gasteiger partial charge in [-0.3, -0.25) is 0 Å². The van der Waals surface area contributed by atoms with Crippen molar-refractivity contribution in [1.82, 2.24) is 3.11 Å². The quantitative estimate of drug-likeness (QED) is 0.487. The lowest BCUT2D eigenvalue weighted by Crippen LogP contribution is -2.33. The third-order valence-electron chi connectivity index (χ3n) is 4.17. The van der Waals surface area contributed by atoms with E-state index in [9.17, 15) is 0 Å². The standard InChI is InChI=1S/C11H20IN/c1-10-5-4-7-11(10)6-2-3-8-13(12)9-11/h10H,2-9H2,1H3/t10?,11-/m0/s1. The molecule has 76 valence electrons. The zero-order valence-corrected chi connectivity index (χ0v) is 10.7. The van der Waals surface area contributed by atoms with Crippen LogP contribution in [0.15, 0.2) is 0 Å². The fraction of sp³-hybridized carbons (Fsp3) is 1.00. The molecule has 1 unspecified atom stereocenters. The minimum atomic E-state index is 0.706. The second-order valence-electron chi connectivity index (χ2n) is 4.96. The average Bonchev–Trinajstić information content (AvgIpc) is 2.34. The minimum absolute atomic E-state index is 0.706. The molecule has 0 aromatic carbocycles. The molecule has 0 radical (unpaired) electrons. The van der Waals surface area contributed by atoms with Gasteiger partial charge in [-0.15, -0.1) is 0 Å². The van der Waals surface area contributed by atoms with E-state index in [0.29, 0.717) is 5.41 Å². The van der Waals surface area contributed by atoms with Gasteiger partial charge in [0.25, 0.3) is 0 Å². The van der Waals surface area contributed by atoms with E-state index in [2.05, 4.69) is 32.9 Å². The van der Waals surface area contributed by atoms with Gasteiger partial charge in [0.15, 0.2) is 0 Å². The summed E-state index contributed by atoms with van der Waals surface area (Å²) in [6.07, 6.45) is 8.82. The fourth-order valence-electron chi connectivity index (χ4n) is 3.18. The summed E-state index contributed by atoms with van der Waals surface area (Å²) in [6.45, 7) is 5.15. The van der Waals surface area contributed by atoms with Crippen LogP contribution in [0, 0.1) is 11.3 Å². The van der Waals surface area contributed by atoms with Crippen molar-refractivity contribution in [3.8, 4) is 0 Å². The first-order valence-electron chi connectivity index (χ1n) is 5.64. The molecule has 2 atom stereocenters. The van der Waals surface area contributed by atoms with Crippen molar-refractivity contribution in [2.75, 3.05) is 13.1 Å². The normalized spacial score (nSPS) is 42.5. The van der Waals surface area contributed by atoms with Crippen molar-refractivity contribution >= 4 is 22.9 Å². The number of rotatable bonds is 0. The van der Waals surface area contributed by atoms with E-state index >= 15 is 0 Å². The second-order valence-corrected chi connectivity index (χ2v) is 6.32. The van der Waals surface area contributed by atoms with Gasteiger partial charge < -0.3 is 0 Å². The molecule has 2 rings (SSSR count). The molecule has 1 heterocycles. The Kier molecular flexibility index (Phi) is 3.18. The van der Waals surface area contributed by atoms with Crippen molar-refractivity contribution in [3.63, 3.8) is 0 Å². The van der Waals surface area contributed by atoms with Crippen LogP contribution in [-0.2, 0) is 0 Å². The molecule has 1 aliphatic heterocycles. The zero-order valence-electron chi connectivity index (χ0n) is 8.56. The lowest BCUT2D eigenvalue weighted by atomic mass is 9.75. The van der Waals surface area contributed by atoms with Gasteiger partial charge in [-0.05, 0) is 30.6 Å². The van der Waals surface area contributed by atoms with Crippen LogP contribution >= 0.6 is 22.9 Å². The maximum absolute atomic E-state index is 2.53. The Morgan fingerprint density at radius 1 is 1.23 bits per heavy atom. The van der Waals surface area contributed by atoms with Gasteiger partial charge in [0.2, 0.25) is 0 Å². The van der Waals surface area contributed by atoms with Crippen molar-refractivity contribution in [2.24, 2.45) is 11.3 Å². The lowest BCUT2D eigenvalue weighted by Gasteiger charge is -2.34. The Morgan fingerprint density at radius 2 is 2.00 bits per heavy atom. The summed E-state index contributed by atoms with van der Waals surface area (Å²) in [5.74, 6) is 0.975. The SMILES string of the molecule is CC1CCC[C@]12CCCCN(I)C2. The maximum Gasteiger partial charge on any atom is 0.0201 e. The molecule has 1 aliphatic carbocycles. The first-order chi connectivity index (χ1) is 6.23. The van der Waals surface area contributed by atoms with Crippen LogP contribution in [0.25, 0.3) is 0 Å². The lowest BCUT2D eigenvalue weighted by molar-refractivity contribution is 0.177. The molecule has 0 aromatic heterocycles. The van der Waals surface area contributed by atoms with Crippen LogP contribution in [0.1, 0.15) is 45.4 Å². The maximum atomic E-state index is 2.53. The van der Waals surface area contributed by atoms with Crippen molar-refractivity contribution in [1.29, 1.82) is 0 Å². The van der Waals surface area contributed by atoms with Crippen LogP contribution in [0.5, 0.6) is 0 Å². The smallest absolute Gasteiger partial charge is 0.0201 e. The Bertz CT molecular complexity index is 183. The Balaban J connectivity index is 2.09. The summed E-state index contributed by atoms with van der Waals surface area (Å²) >= 11 is 2.52. The predicted octanol–water partition coefficient (Wildman–Crippen LogP) is 3.63. The third kappa shape index (κ3) is 2.04. The summed E-state index contributed by atoms with van der Waals surface area (Å²) in [5.41, 5.74) is 0.706. The van der Waals surface area contributed by atoms with Gasteiger partial charge in [-0.2, -0.15) is 0 Å². The minimum Gasteiger partial charge on any atom is -0.247 e. The van der Waals surface area contributed by atoms with Gasteiger partial charge in [-0.25, -0.2) is 3.11 Å². The van der Waals surface area contributed by atoms with E-state index in [0.717, 1.165) is 5.92 Å². The topological polar surface area (TPSA) is 3.24 Å². The highest BCUT2D eigenvalue weighted by molar-refractivity contribution is 14.1. The fourth-order valence-corrected chi connectivity index (χ4v) is 4.20. The molecule has 1 spiro atoms. The molecule has 1 nitrogen and oxygen atoms in total. The molecular formula is C11H20IN. The first kappa shape index (κ1) is 10.2. The van der Waals surface area contributed by atoms with Crippen LogP contribution < -0.4 is 0 Å². The van der Waals surface area contributed by atoms with Gasteiger partial charge in [0.1, 0.15) is 0 Å². The largest absolute Gasteiger partial charge is 0.247 e. The summed E-state index contributed by atoms with van der Waals surface area (Å²) in [5, 5.41) is 0. The number of halogens is 1. The highest BCUT2D eigenvalue weighted by atomic mass is 127. The van der Waals surface area contributed by atoms with E-state index in [1.54, 1.807) is 0 Å². The Labute approximate surface area is 95.8 Å². The van der Waals surface area contributed by atoms with Crippen molar-refractivity contribution in [3.05, 3.63) is 0 Å². The molecule has 1 saturated carbocycles. The predicted molar refractivity (Wildman–Crippen MR) is 64.9 cm³/mol. The van der Waals surface area contributed by atoms with Gasteiger partial charge in [0.05, 0.1) is 0 Å². The molecule has 0 amide bonds. The number of hydrogen-bond donors (Lipinski definition) is 0. The third-order valence-corrected chi connectivity index (χ3v) is 4.99. The van der Waals surface area contributed by atoms with Crippen molar-refractivity contribution < 1.29 is 0 Å². The summed E-state index contributed by atoms with van der Waals surface area (Å²) in [7, 11) is 0. The van der Waals surface area contributed by atoms with Crippen LogP contribution in [0.4, 0.5) is 0 Å². The molecule has 0 N–H and O–H groups in total. The van der Waals surface area contributed by atoms with Crippen LogP contribution in [0.2, 0.25) is 0 Å². The molecule has 2 aliphatic rings. The van der Waals surface area contributed by atoms with Gasteiger partial charge in [-0.1, -0.05) is 26.2 Å². The highest BCUT2D eigenvalue weighted by Gasteiger charge is 2.41. The number of hydrogen-bond acceptors (Lipinski definition) is 1. The van der Waals surface area contributed by atoms with E-state index < -0.39 is 0 Å². The molecule has 1 saturated heterocycles.